The van der Waals surface area contributed by atoms with Crippen molar-refractivity contribution in [3.8, 4) is 0 Å². The number of carbonyl (C=O) groups is 1. The smallest absolute Gasteiger partial charge is 0.223 e. The van der Waals surface area contributed by atoms with Crippen LogP contribution < -0.4 is 5.32 Å². The van der Waals surface area contributed by atoms with Crippen LogP contribution in [0.3, 0.4) is 0 Å². The SMILES string of the molecule is Cc1ccccc1CNC(=O)C1CCC(Cc2nc3ccccc3[nH]2)CC1. The van der Waals surface area contributed by atoms with Crippen molar-refractivity contribution in [2.45, 2.75) is 45.6 Å². The second kappa shape index (κ2) is 7.95. The van der Waals surface area contributed by atoms with E-state index in [9.17, 15) is 4.79 Å². The summed E-state index contributed by atoms with van der Waals surface area (Å²) in [5.41, 5.74) is 4.57. The lowest BCUT2D eigenvalue weighted by Gasteiger charge is -2.27. The minimum absolute atomic E-state index is 0.154. The van der Waals surface area contributed by atoms with Gasteiger partial charge in [0.2, 0.25) is 5.91 Å². The summed E-state index contributed by atoms with van der Waals surface area (Å²) in [5, 5.41) is 3.13. The molecule has 0 bridgehead atoms. The number of para-hydroxylation sites is 2. The number of fused-ring (bicyclic) bond motifs is 1. The molecule has 0 aliphatic heterocycles. The number of aryl methyl sites for hydroxylation is 1. The van der Waals surface area contributed by atoms with Gasteiger partial charge in [-0.1, -0.05) is 36.4 Å². The van der Waals surface area contributed by atoms with Crippen molar-refractivity contribution in [2.24, 2.45) is 11.8 Å². The monoisotopic (exact) mass is 361 g/mol. The van der Waals surface area contributed by atoms with Gasteiger partial charge in [0, 0.05) is 18.9 Å². The van der Waals surface area contributed by atoms with Gasteiger partial charge in [0.1, 0.15) is 5.82 Å². The molecular weight excluding hydrogens is 334 g/mol. The Balaban J connectivity index is 1.27. The van der Waals surface area contributed by atoms with E-state index >= 15 is 0 Å². The van der Waals surface area contributed by atoms with E-state index in [0.717, 1.165) is 49.0 Å². The van der Waals surface area contributed by atoms with E-state index in [0.29, 0.717) is 12.5 Å². The predicted molar refractivity (Wildman–Crippen MR) is 108 cm³/mol. The van der Waals surface area contributed by atoms with Gasteiger partial charge in [0.15, 0.2) is 0 Å². The molecule has 4 nitrogen and oxygen atoms in total. The number of carbonyl (C=O) groups excluding carboxylic acids is 1. The molecule has 1 fully saturated rings. The van der Waals surface area contributed by atoms with Gasteiger partial charge in [-0.3, -0.25) is 4.79 Å². The van der Waals surface area contributed by atoms with Gasteiger partial charge in [0.05, 0.1) is 11.0 Å². The second-order valence-corrected chi connectivity index (χ2v) is 7.77. The Morgan fingerprint density at radius 1 is 1.07 bits per heavy atom. The minimum Gasteiger partial charge on any atom is -0.352 e. The number of amides is 1. The number of benzene rings is 2. The summed E-state index contributed by atoms with van der Waals surface area (Å²) in [7, 11) is 0. The van der Waals surface area contributed by atoms with Gasteiger partial charge in [-0.05, 0) is 61.8 Å². The summed E-state index contributed by atoms with van der Waals surface area (Å²) in [4.78, 5) is 20.7. The first-order valence-corrected chi connectivity index (χ1v) is 9.95. The maximum absolute atomic E-state index is 12.5. The van der Waals surface area contributed by atoms with Crippen LogP contribution in [-0.4, -0.2) is 15.9 Å². The van der Waals surface area contributed by atoms with E-state index in [1.807, 2.05) is 30.3 Å². The number of aromatic nitrogens is 2. The highest BCUT2D eigenvalue weighted by Crippen LogP contribution is 2.31. The molecule has 3 aromatic rings. The standard InChI is InChI=1S/C23H27N3O/c1-16-6-2-3-7-19(16)15-24-23(27)18-12-10-17(11-13-18)14-22-25-20-8-4-5-9-21(20)26-22/h2-9,17-18H,10-15H2,1H3,(H,24,27)(H,25,26). The first-order valence-electron chi connectivity index (χ1n) is 9.95. The van der Waals surface area contributed by atoms with Crippen molar-refractivity contribution < 1.29 is 4.79 Å². The summed E-state index contributed by atoms with van der Waals surface area (Å²) >= 11 is 0. The molecule has 0 unspecified atom stereocenters. The van der Waals surface area contributed by atoms with Gasteiger partial charge in [-0.15, -0.1) is 0 Å². The number of hydrogen-bond acceptors (Lipinski definition) is 2. The normalized spacial score (nSPS) is 19.9. The summed E-state index contributed by atoms with van der Waals surface area (Å²) in [5.74, 6) is 2.05. The van der Waals surface area contributed by atoms with Crippen LogP contribution in [0.2, 0.25) is 0 Å². The zero-order valence-electron chi connectivity index (χ0n) is 15.9. The van der Waals surface area contributed by atoms with Crippen molar-refractivity contribution in [3.05, 3.63) is 65.5 Å². The largest absolute Gasteiger partial charge is 0.352 e. The summed E-state index contributed by atoms with van der Waals surface area (Å²) in [6.07, 6.45) is 5.13. The highest BCUT2D eigenvalue weighted by atomic mass is 16.1. The third kappa shape index (κ3) is 4.21. The first kappa shape index (κ1) is 17.8. The van der Waals surface area contributed by atoms with Crippen molar-refractivity contribution in [1.82, 2.24) is 15.3 Å². The van der Waals surface area contributed by atoms with Crippen LogP contribution in [-0.2, 0) is 17.8 Å². The maximum Gasteiger partial charge on any atom is 0.223 e. The number of hydrogen-bond donors (Lipinski definition) is 2. The van der Waals surface area contributed by atoms with E-state index in [2.05, 4.69) is 35.4 Å². The quantitative estimate of drug-likeness (QED) is 0.701. The van der Waals surface area contributed by atoms with Crippen LogP contribution in [0.5, 0.6) is 0 Å². The Bertz CT molecular complexity index is 889. The molecule has 2 aromatic carbocycles. The van der Waals surface area contributed by atoms with Crippen molar-refractivity contribution >= 4 is 16.9 Å². The Kier molecular flexibility index (Phi) is 5.23. The Morgan fingerprint density at radius 3 is 2.59 bits per heavy atom. The molecule has 1 aliphatic rings. The summed E-state index contributed by atoms with van der Waals surface area (Å²) in [6.45, 7) is 2.72. The molecule has 0 atom stereocenters. The lowest BCUT2D eigenvalue weighted by atomic mass is 9.80. The van der Waals surface area contributed by atoms with Crippen LogP contribution in [0, 0.1) is 18.8 Å². The molecule has 27 heavy (non-hydrogen) atoms. The topological polar surface area (TPSA) is 57.8 Å². The lowest BCUT2D eigenvalue weighted by Crippen LogP contribution is -2.33. The fourth-order valence-corrected chi connectivity index (χ4v) is 4.14. The fraction of sp³-hybridized carbons (Fsp3) is 0.391. The zero-order valence-corrected chi connectivity index (χ0v) is 15.9. The van der Waals surface area contributed by atoms with Crippen molar-refractivity contribution in [2.75, 3.05) is 0 Å². The molecule has 1 aliphatic carbocycles. The van der Waals surface area contributed by atoms with Crippen LogP contribution in [0.15, 0.2) is 48.5 Å². The van der Waals surface area contributed by atoms with Crippen molar-refractivity contribution in [3.63, 3.8) is 0 Å². The number of imidazole rings is 1. The van der Waals surface area contributed by atoms with E-state index in [4.69, 9.17) is 4.98 Å². The van der Waals surface area contributed by atoms with Gasteiger partial charge in [-0.2, -0.15) is 0 Å². The third-order valence-corrected chi connectivity index (χ3v) is 5.85. The number of nitrogens with zero attached hydrogens (tertiary/aromatic N) is 1. The molecule has 4 heteroatoms. The van der Waals surface area contributed by atoms with Crippen LogP contribution in [0.4, 0.5) is 0 Å². The van der Waals surface area contributed by atoms with Crippen LogP contribution in [0.1, 0.15) is 42.6 Å². The van der Waals surface area contributed by atoms with E-state index in [-0.39, 0.29) is 11.8 Å². The second-order valence-electron chi connectivity index (χ2n) is 7.77. The number of aromatic amines is 1. The van der Waals surface area contributed by atoms with Crippen LogP contribution >= 0.6 is 0 Å². The zero-order chi connectivity index (χ0) is 18.6. The van der Waals surface area contributed by atoms with Gasteiger partial charge < -0.3 is 10.3 Å². The summed E-state index contributed by atoms with van der Waals surface area (Å²) in [6, 6.07) is 16.4. The summed E-state index contributed by atoms with van der Waals surface area (Å²) < 4.78 is 0. The minimum atomic E-state index is 0.154. The first-order chi connectivity index (χ1) is 13.2. The molecule has 0 radical (unpaired) electrons. The average Bonchev–Trinajstić information content (AvgIpc) is 3.10. The molecule has 1 amide bonds. The highest BCUT2D eigenvalue weighted by Gasteiger charge is 2.26. The van der Waals surface area contributed by atoms with Crippen molar-refractivity contribution in [1.29, 1.82) is 0 Å². The molecule has 1 heterocycles. The highest BCUT2D eigenvalue weighted by molar-refractivity contribution is 5.78. The molecule has 140 valence electrons. The average molecular weight is 361 g/mol. The van der Waals surface area contributed by atoms with Gasteiger partial charge in [0.25, 0.3) is 0 Å². The Hall–Kier alpha value is -2.62. The van der Waals surface area contributed by atoms with Gasteiger partial charge >= 0.3 is 0 Å². The van der Waals surface area contributed by atoms with Crippen LogP contribution in [0.25, 0.3) is 11.0 Å². The fourth-order valence-electron chi connectivity index (χ4n) is 4.14. The number of nitrogens with one attached hydrogen (secondary N) is 2. The number of rotatable bonds is 5. The number of H-pyrrole nitrogens is 1. The maximum atomic E-state index is 12.5. The molecule has 1 aromatic heterocycles. The van der Waals surface area contributed by atoms with E-state index in [1.165, 1.54) is 11.1 Å². The van der Waals surface area contributed by atoms with E-state index < -0.39 is 0 Å². The molecule has 2 N–H and O–H groups in total. The lowest BCUT2D eigenvalue weighted by molar-refractivity contribution is -0.126. The van der Waals surface area contributed by atoms with E-state index in [1.54, 1.807) is 0 Å². The third-order valence-electron chi connectivity index (χ3n) is 5.85. The molecule has 0 spiro atoms. The molecule has 4 rings (SSSR count). The molecule has 0 saturated heterocycles. The Morgan fingerprint density at radius 2 is 1.81 bits per heavy atom. The molecule has 1 saturated carbocycles. The van der Waals surface area contributed by atoms with Gasteiger partial charge in [-0.25, -0.2) is 4.98 Å². The molecular formula is C23H27N3O. The Labute approximate surface area is 160 Å². The predicted octanol–water partition coefficient (Wildman–Crippen LogP) is 4.54.